The highest BCUT2D eigenvalue weighted by molar-refractivity contribution is 7.90. The lowest BCUT2D eigenvalue weighted by atomic mass is 10.2. The van der Waals surface area contributed by atoms with Gasteiger partial charge in [-0.15, -0.1) is 0 Å². The second kappa shape index (κ2) is 6.99. The molecule has 1 heterocycles. The van der Waals surface area contributed by atoms with Gasteiger partial charge in [0.25, 0.3) is 5.91 Å². The Morgan fingerprint density at radius 2 is 1.86 bits per heavy atom. The van der Waals surface area contributed by atoms with E-state index >= 15 is 0 Å². The fraction of sp³-hybridized carbons (Fsp3) is 0.214. The van der Waals surface area contributed by atoms with Gasteiger partial charge >= 0.3 is 0 Å². The number of carbonyl (C=O) groups excluding carboxylic acids is 1. The topological polar surface area (TPSA) is 101 Å². The minimum absolute atomic E-state index is 0.188. The van der Waals surface area contributed by atoms with Gasteiger partial charge in [-0.2, -0.15) is 0 Å². The van der Waals surface area contributed by atoms with E-state index in [0.717, 1.165) is 6.26 Å². The maximum absolute atomic E-state index is 11.9. The van der Waals surface area contributed by atoms with Gasteiger partial charge in [0, 0.05) is 37.3 Å². The Balaban J connectivity index is 1.82. The zero-order valence-electron chi connectivity index (χ0n) is 12.0. The molecule has 1 aromatic carbocycles. The van der Waals surface area contributed by atoms with Gasteiger partial charge < -0.3 is 10.6 Å². The fourth-order valence-electron chi connectivity index (χ4n) is 1.71. The largest absolute Gasteiger partial charge is 0.367 e. The van der Waals surface area contributed by atoms with E-state index in [4.69, 9.17) is 0 Å². The number of benzene rings is 1. The van der Waals surface area contributed by atoms with E-state index < -0.39 is 9.84 Å². The van der Waals surface area contributed by atoms with Gasteiger partial charge in [0.15, 0.2) is 9.84 Å². The van der Waals surface area contributed by atoms with Crippen molar-refractivity contribution in [1.29, 1.82) is 0 Å². The summed E-state index contributed by atoms with van der Waals surface area (Å²) in [7, 11) is -3.25. The Morgan fingerprint density at radius 1 is 1.14 bits per heavy atom. The number of nitrogens with one attached hydrogen (secondary N) is 2. The van der Waals surface area contributed by atoms with Crippen LogP contribution in [0.5, 0.6) is 0 Å². The standard InChI is InChI=1S/C14H16N4O3S/c1-22(20,21)12-4-2-11(3-5-12)14(19)18-9-8-17-13-10-15-6-7-16-13/h2-7,10H,8-9H2,1H3,(H,16,17)(H,18,19). The highest BCUT2D eigenvalue weighted by Crippen LogP contribution is 2.10. The van der Waals surface area contributed by atoms with Crippen LogP contribution in [0, 0.1) is 0 Å². The number of anilines is 1. The van der Waals surface area contributed by atoms with E-state index in [1.54, 1.807) is 18.6 Å². The monoisotopic (exact) mass is 320 g/mol. The Bertz CT molecular complexity index is 730. The molecule has 2 aromatic rings. The molecule has 116 valence electrons. The first kappa shape index (κ1) is 15.9. The summed E-state index contributed by atoms with van der Waals surface area (Å²) < 4.78 is 22.7. The molecule has 2 N–H and O–H groups in total. The van der Waals surface area contributed by atoms with E-state index in [9.17, 15) is 13.2 Å². The predicted octanol–water partition coefficient (Wildman–Crippen LogP) is 0.722. The number of aromatic nitrogens is 2. The molecule has 0 fully saturated rings. The van der Waals surface area contributed by atoms with Crippen LogP contribution in [0.4, 0.5) is 5.82 Å². The third kappa shape index (κ3) is 4.52. The molecule has 0 atom stereocenters. The molecule has 7 nitrogen and oxygen atoms in total. The molecule has 0 bridgehead atoms. The first-order valence-electron chi connectivity index (χ1n) is 6.55. The Morgan fingerprint density at radius 3 is 2.45 bits per heavy atom. The molecule has 22 heavy (non-hydrogen) atoms. The lowest BCUT2D eigenvalue weighted by molar-refractivity contribution is 0.0955. The maximum atomic E-state index is 11.9. The van der Waals surface area contributed by atoms with E-state index in [1.807, 2.05) is 0 Å². The van der Waals surface area contributed by atoms with Crippen LogP contribution >= 0.6 is 0 Å². The van der Waals surface area contributed by atoms with Gasteiger partial charge in [-0.3, -0.25) is 9.78 Å². The van der Waals surface area contributed by atoms with E-state index in [0.29, 0.717) is 24.5 Å². The average molecular weight is 320 g/mol. The summed E-state index contributed by atoms with van der Waals surface area (Å²) in [4.78, 5) is 20.0. The summed E-state index contributed by atoms with van der Waals surface area (Å²) in [5.74, 6) is 0.371. The summed E-state index contributed by atoms with van der Waals surface area (Å²) in [6.45, 7) is 0.912. The van der Waals surface area contributed by atoms with Gasteiger partial charge in [0.1, 0.15) is 5.82 Å². The van der Waals surface area contributed by atoms with Crippen molar-refractivity contribution in [2.24, 2.45) is 0 Å². The third-order valence-electron chi connectivity index (χ3n) is 2.82. The Hall–Kier alpha value is -2.48. The first-order chi connectivity index (χ1) is 10.5. The van der Waals surface area contributed by atoms with Gasteiger partial charge in [0.2, 0.25) is 0 Å². The van der Waals surface area contributed by atoms with Crippen LogP contribution in [-0.2, 0) is 9.84 Å². The summed E-state index contributed by atoms with van der Waals surface area (Å²) >= 11 is 0. The van der Waals surface area contributed by atoms with Crippen LogP contribution in [0.25, 0.3) is 0 Å². The van der Waals surface area contributed by atoms with E-state index in [2.05, 4.69) is 20.6 Å². The molecule has 0 unspecified atom stereocenters. The molecule has 0 aliphatic rings. The molecule has 0 saturated carbocycles. The zero-order valence-corrected chi connectivity index (χ0v) is 12.8. The summed E-state index contributed by atoms with van der Waals surface area (Å²) in [6.07, 6.45) is 5.86. The summed E-state index contributed by atoms with van der Waals surface area (Å²) in [6, 6.07) is 5.81. The number of rotatable bonds is 6. The molecule has 2 rings (SSSR count). The SMILES string of the molecule is CS(=O)(=O)c1ccc(C(=O)NCCNc2cnccn2)cc1. The molecule has 0 saturated heterocycles. The molecule has 8 heteroatoms. The fourth-order valence-corrected chi connectivity index (χ4v) is 2.34. The number of amides is 1. The molecule has 0 aliphatic carbocycles. The van der Waals surface area contributed by atoms with Crippen LogP contribution < -0.4 is 10.6 Å². The highest BCUT2D eigenvalue weighted by Gasteiger charge is 2.09. The maximum Gasteiger partial charge on any atom is 0.251 e. The van der Waals surface area contributed by atoms with Crippen molar-refractivity contribution in [3.05, 3.63) is 48.4 Å². The number of hydrogen-bond donors (Lipinski definition) is 2. The molecule has 0 spiro atoms. The minimum atomic E-state index is -3.25. The number of carbonyl (C=O) groups is 1. The zero-order chi connectivity index (χ0) is 16.0. The van der Waals surface area contributed by atoms with Crippen molar-refractivity contribution in [3.63, 3.8) is 0 Å². The van der Waals surface area contributed by atoms with Crippen molar-refractivity contribution in [2.75, 3.05) is 24.7 Å². The first-order valence-corrected chi connectivity index (χ1v) is 8.44. The van der Waals surface area contributed by atoms with Crippen LogP contribution in [0.2, 0.25) is 0 Å². The second-order valence-corrected chi connectivity index (χ2v) is 6.59. The van der Waals surface area contributed by atoms with Gasteiger partial charge in [-0.1, -0.05) is 0 Å². The van der Waals surface area contributed by atoms with Crippen molar-refractivity contribution in [1.82, 2.24) is 15.3 Å². The Labute approximate surface area is 128 Å². The number of sulfone groups is 1. The van der Waals surface area contributed by atoms with Crippen molar-refractivity contribution in [2.45, 2.75) is 4.90 Å². The van der Waals surface area contributed by atoms with Gasteiger partial charge in [-0.25, -0.2) is 13.4 Å². The van der Waals surface area contributed by atoms with Crippen molar-refractivity contribution in [3.8, 4) is 0 Å². The average Bonchev–Trinajstić information content (AvgIpc) is 2.52. The number of hydrogen-bond acceptors (Lipinski definition) is 6. The summed E-state index contributed by atoms with van der Waals surface area (Å²) in [5.41, 5.74) is 0.409. The normalized spacial score (nSPS) is 11.0. The van der Waals surface area contributed by atoms with E-state index in [-0.39, 0.29) is 10.8 Å². The van der Waals surface area contributed by atoms with Crippen molar-refractivity contribution < 1.29 is 13.2 Å². The van der Waals surface area contributed by atoms with Crippen LogP contribution in [-0.4, -0.2) is 43.6 Å². The summed E-state index contributed by atoms with van der Waals surface area (Å²) in [5, 5.41) is 5.74. The quantitative estimate of drug-likeness (QED) is 0.761. The molecule has 0 radical (unpaired) electrons. The molecule has 1 amide bonds. The smallest absolute Gasteiger partial charge is 0.251 e. The lowest BCUT2D eigenvalue weighted by Gasteiger charge is -2.07. The minimum Gasteiger partial charge on any atom is -0.367 e. The third-order valence-corrected chi connectivity index (χ3v) is 3.95. The molecular weight excluding hydrogens is 304 g/mol. The predicted molar refractivity (Wildman–Crippen MR) is 82.4 cm³/mol. The second-order valence-electron chi connectivity index (χ2n) is 4.57. The van der Waals surface area contributed by atoms with Crippen molar-refractivity contribution >= 4 is 21.6 Å². The van der Waals surface area contributed by atoms with Gasteiger partial charge in [0.05, 0.1) is 11.1 Å². The highest BCUT2D eigenvalue weighted by atomic mass is 32.2. The van der Waals surface area contributed by atoms with Crippen LogP contribution in [0.1, 0.15) is 10.4 Å². The Kier molecular flexibility index (Phi) is 5.05. The number of nitrogens with zero attached hydrogens (tertiary/aromatic N) is 2. The lowest BCUT2D eigenvalue weighted by Crippen LogP contribution is -2.28. The molecule has 1 aromatic heterocycles. The van der Waals surface area contributed by atoms with Crippen LogP contribution in [0.3, 0.4) is 0 Å². The molecule has 0 aliphatic heterocycles. The molecular formula is C14H16N4O3S. The van der Waals surface area contributed by atoms with Gasteiger partial charge in [-0.05, 0) is 24.3 Å². The van der Waals surface area contributed by atoms with Crippen LogP contribution in [0.15, 0.2) is 47.8 Å². The van der Waals surface area contributed by atoms with E-state index in [1.165, 1.54) is 24.3 Å².